The van der Waals surface area contributed by atoms with Crippen LogP contribution in [0.2, 0.25) is 5.15 Å². The SMILES string of the molecule is CCc1nc(Cl)cc(NCc2ccc(CC)s2)n1. The van der Waals surface area contributed by atoms with Crippen molar-refractivity contribution in [2.24, 2.45) is 0 Å². The fourth-order valence-corrected chi connectivity index (χ4v) is 2.70. The van der Waals surface area contributed by atoms with Gasteiger partial charge >= 0.3 is 0 Å². The Morgan fingerprint density at radius 3 is 2.61 bits per heavy atom. The Morgan fingerprint density at radius 2 is 1.94 bits per heavy atom. The van der Waals surface area contributed by atoms with Crippen molar-refractivity contribution in [3.8, 4) is 0 Å². The van der Waals surface area contributed by atoms with Crippen LogP contribution in [-0.4, -0.2) is 9.97 Å². The van der Waals surface area contributed by atoms with E-state index in [1.165, 1.54) is 9.75 Å². The van der Waals surface area contributed by atoms with Crippen molar-refractivity contribution in [1.82, 2.24) is 9.97 Å². The number of halogens is 1. The molecule has 18 heavy (non-hydrogen) atoms. The van der Waals surface area contributed by atoms with Crippen molar-refractivity contribution in [2.75, 3.05) is 5.32 Å². The number of nitrogens with one attached hydrogen (secondary N) is 1. The molecule has 96 valence electrons. The Hall–Kier alpha value is -1.13. The third-order valence-electron chi connectivity index (χ3n) is 2.57. The van der Waals surface area contributed by atoms with Crippen LogP contribution >= 0.6 is 22.9 Å². The van der Waals surface area contributed by atoms with Crippen LogP contribution in [0.3, 0.4) is 0 Å². The molecule has 0 radical (unpaired) electrons. The molecule has 0 saturated heterocycles. The Bertz CT molecular complexity index is 525. The maximum Gasteiger partial charge on any atom is 0.134 e. The molecule has 0 amide bonds. The van der Waals surface area contributed by atoms with Crippen molar-refractivity contribution in [3.63, 3.8) is 0 Å². The van der Waals surface area contributed by atoms with Gasteiger partial charge in [0.05, 0.1) is 6.54 Å². The molecule has 0 aliphatic heterocycles. The number of nitrogens with zero attached hydrogens (tertiary/aromatic N) is 2. The molecule has 2 aromatic rings. The standard InChI is InChI=1S/C13H16ClN3S/c1-3-9-5-6-10(18-9)8-15-13-7-11(14)16-12(4-2)17-13/h5-7H,3-4,8H2,1-2H3,(H,15,16,17). The van der Waals surface area contributed by atoms with Crippen LogP contribution in [0.25, 0.3) is 0 Å². The van der Waals surface area contributed by atoms with E-state index in [-0.39, 0.29) is 0 Å². The molecule has 0 spiro atoms. The molecule has 0 aromatic carbocycles. The summed E-state index contributed by atoms with van der Waals surface area (Å²) in [5, 5.41) is 3.78. The lowest BCUT2D eigenvalue weighted by molar-refractivity contribution is 0.934. The van der Waals surface area contributed by atoms with Gasteiger partial charge in [-0.15, -0.1) is 11.3 Å². The van der Waals surface area contributed by atoms with Crippen molar-refractivity contribution in [2.45, 2.75) is 33.2 Å². The summed E-state index contributed by atoms with van der Waals surface area (Å²) in [5.41, 5.74) is 0. The minimum atomic E-state index is 0.491. The van der Waals surface area contributed by atoms with E-state index in [0.717, 1.165) is 31.0 Å². The minimum Gasteiger partial charge on any atom is -0.365 e. The van der Waals surface area contributed by atoms with E-state index in [9.17, 15) is 0 Å². The first kappa shape index (κ1) is 13.3. The van der Waals surface area contributed by atoms with Crippen LogP contribution in [0.5, 0.6) is 0 Å². The number of anilines is 1. The van der Waals surface area contributed by atoms with E-state index < -0.39 is 0 Å². The summed E-state index contributed by atoms with van der Waals surface area (Å²) in [7, 11) is 0. The molecular formula is C13H16ClN3S. The van der Waals surface area contributed by atoms with Gasteiger partial charge in [-0.3, -0.25) is 0 Å². The van der Waals surface area contributed by atoms with Crippen molar-refractivity contribution >= 4 is 28.8 Å². The van der Waals surface area contributed by atoms with Crippen molar-refractivity contribution < 1.29 is 0 Å². The Morgan fingerprint density at radius 1 is 1.17 bits per heavy atom. The summed E-state index contributed by atoms with van der Waals surface area (Å²) in [4.78, 5) is 11.2. The molecule has 0 unspecified atom stereocenters. The van der Waals surface area contributed by atoms with Gasteiger partial charge in [-0.1, -0.05) is 25.4 Å². The lowest BCUT2D eigenvalue weighted by Gasteiger charge is -2.05. The molecule has 2 aromatic heterocycles. The van der Waals surface area contributed by atoms with Gasteiger partial charge in [0.15, 0.2) is 0 Å². The number of hydrogen-bond acceptors (Lipinski definition) is 4. The zero-order valence-electron chi connectivity index (χ0n) is 10.5. The Balaban J connectivity index is 2.03. The van der Waals surface area contributed by atoms with Crippen LogP contribution in [0.4, 0.5) is 5.82 Å². The summed E-state index contributed by atoms with van der Waals surface area (Å²) >= 11 is 7.78. The van der Waals surface area contributed by atoms with Gasteiger partial charge in [0, 0.05) is 22.2 Å². The molecule has 5 heteroatoms. The topological polar surface area (TPSA) is 37.8 Å². The van der Waals surface area contributed by atoms with Gasteiger partial charge < -0.3 is 5.32 Å². The summed E-state index contributed by atoms with van der Waals surface area (Å²) in [6.07, 6.45) is 1.87. The quantitative estimate of drug-likeness (QED) is 0.844. The van der Waals surface area contributed by atoms with Gasteiger partial charge in [0.1, 0.15) is 16.8 Å². The maximum absolute atomic E-state index is 5.95. The molecule has 1 N–H and O–H groups in total. The van der Waals surface area contributed by atoms with Crippen LogP contribution in [0.15, 0.2) is 18.2 Å². The maximum atomic E-state index is 5.95. The van der Waals surface area contributed by atoms with Crippen LogP contribution < -0.4 is 5.32 Å². The molecule has 2 rings (SSSR count). The fraction of sp³-hybridized carbons (Fsp3) is 0.385. The summed E-state index contributed by atoms with van der Waals surface area (Å²) in [6.45, 7) is 4.96. The third kappa shape index (κ3) is 3.43. The van der Waals surface area contributed by atoms with Crippen molar-refractivity contribution in [3.05, 3.63) is 38.9 Å². The first-order valence-electron chi connectivity index (χ1n) is 6.06. The molecule has 0 saturated carbocycles. The van der Waals surface area contributed by atoms with E-state index in [4.69, 9.17) is 11.6 Å². The highest BCUT2D eigenvalue weighted by Crippen LogP contribution is 2.19. The first-order valence-corrected chi connectivity index (χ1v) is 7.25. The molecular weight excluding hydrogens is 266 g/mol. The molecule has 3 nitrogen and oxygen atoms in total. The lowest BCUT2D eigenvalue weighted by atomic mass is 10.3. The van der Waals surface area contributed by atoms with E-state index >= 15 is 0 Å². The molecule has 0 atom stereocenters. The van der Waals surface area contributed by atoms with E-state index in [1.54, 1.807) is 6.07 Å². The number of hydrogen-bond donors (Lipinski definition) is 1. The molecule has 0 fully saturated rings. The van der Waals surface area contributed by atoms with Crippen molar-refractivity contribution in [1.29, 1.82) is 0 Å². The summed E-state index contributed by atoms with van der Waals surface area (Å²) in [5.74, 6) is 1.56. The van der Waals surface area contributed by atoms with E-state index in [2.05, 4.69) is 34.3 Å². The second-order valence-electron chi connectivity index (χ2n) is 3.92. The summed E-state index contributed by atoms with van der Waals surface area (Å²) < 4.78 is 0. The van der Waals surface area contributed by atoms with Gasteiger partial charge in [0.2, 0.25) is 0 Å². The van der Waals surface area contributed by atoms with Gasteiger partial charge in [-0.05, 0) is 18.6 Å². The van der Waals surface area contributed by atoms with Crippen LogP contribution in [0.1, 0.15) is 29.4 Å². The average Bonchev–Trinajstić information content (AvgIpc) is 2.83. The minimum absolute atomic E-state index is 0.491. The zero-order chi connectivity index (χ0) is 13.0. The van der Waals surface area contributed by atoms with E-state index in [1.807, 2.05) is 18.3 Å². The highest BCUT2D eigenvalue weighted by atomic mass is 35.5. The Kier molecular flexibility index (Phi) is 4.55. The third-order valence-corrected chi connectivity index (χ3v) is 3.99. The van der Waals surface area contributed by atoms with Gasteiger partial charge in [-0.2, -0.15) is 0 Å². The molecule has 0 bridgehead atoms. The predicted molar refractivity (Wildman–Crippen MR) is 77.4 cm³/mol. The summed E-state index contributed by atoms with van der Waals surface area (Å²) in [6, 6.07) is 6.08. The number of rotatable bonds is 5. The van der Waals surface area contributed by atoms with E-state index in [0.29, 0.717) is 5.15 Å². The fourth-order valence-electron chi connectivity index (χ4n) is 1.60. The van der Waals surface area contributed by atoms with Crippen LogP contribution in [-0.2, 0) is 19.4 Å². The monoisotopic (exact) mass is 281 g/mol. The predicted octanol–water partition coefficient (Wildman–Crippen LogP) is 3.93. The van der Waals surface area contributed by atoms with Gasteiger partial charge in [-0.25, -0.2) is 9.97 Å². The molecule has 0 aliphatic carbocycles. The number of aromatic nitrogens is 2. The average molecular weight is 282 g/mol. The highest BCUT2D eigenvalue weighted by Gasteiger charge is 2.03. The molecule has 0 aliphatic rings. The smallest absolute Gasteiger partial charge is 0.134 e. The lowest BCUT2D eigenvalue weighted by Crippen LogP contribution is -2.03. The highest BCUT2D eigenvalue weighted by molar-refractivity contribution is 7.12. The van der Waals surface area contributed by atoms with Crippen LogP contribution in [0, 0.1) is 0 Å². The van der Waals surface area contributed by atoms with Gasteiger partial charge in [0.25, 0.3) is 0 Å². The normalized spacial score (nSPS) is 10.6. The second-order valence-corrected chi connectivity index (χ2v) is 5.56. The molecule has 2 heterocycles. The second kappa shape index (κ2) is 6.16. The Labute approximate surface area is 116 Å². The number of thiophene rings is 1. The largest absolute Gasteiger partial charge is 0.365 e. The zero-order valence-corrected chi connectivity index (χ0v) is 12.1. The first-order chi connectivity index (χ1) is 8.71. The number of aryl methyl sites for hydroxylation is 2.